The molecule has 0 spiro atoms. The van der Waals surface area contributed by atoms with Gasteiger partial charge in [0.05, 0.1) is 18.9 Å². The highest BCUT2D eigenvalue weighted by Crippen LogP contribution is 2.05. The molecule has 0 saturated carbocycles. The van der Waals surface area contributed by atoms with Gasteiger partial charge in [0, 0.05) is 11.5 Å². The average Bonchev–Trinajstić information content (AvgIpc) is 2.84. The van der Waals surface area contributed by atoms with Gasteiger partial charge < -0.3 is 48.1 Å². The molecule has 0 aromatic heterocycles. The molecule has 0 radical (unpaired) electrons. The van der Waals surface area contributed by atoms with Gasteiger partial charge in [0.2, 0.25) is 23.6 Å². The van der Waals surface area contributed by atoms with Crippen LogP contribution in [0.2, 0.25) is 0 Å². The van der Waals surface area contributed by atoms with E-state index >= 15 is 0 Å². The lowest BCUT2D eigenvalue weighted by Gasteiger charge is -2.25. The molecule has 4 amide bonds. The van der Waals surface area contributed by atoms with Gasteiger partial charge in [0.15, 0.2) is 0 Å². The van der Waals surface area contributed by atoms with E-state index in [1.807, 2.05) is 0 Å². The molecule has 0 aromatic rings. The van der Waals surface area contributed by atoms with E-state index < -0.39 is 84.6 Å². The maximum absolute atomic E-state index is 12.9. The van der Waals surface area contributed by atoms with Gasteiger partial charge in [-0.15, -0.1) is 0 Å². The first-order valence-corrected chi connectivity index (χ1v) is 12.6. The zero-order valence-electron chi connectivity index (χ0n) is 20.3. The summed E-state index contributed by atoms with van der Waals surface area (Å²) >= 11 is 7.69. The molecule has 0 unspecified atom stereocenters. The molecule has 0 heterocycles. The molecule has 0 rings (SSSR count). The Hall–Kier alpha value is -3.09. The Labute approximate surface area is 228 Å². The van der Waals surface area contributed by atoms with Crippen LogP contribution in [0.15, 0.2) is 0 Å². The van der Waals surface area contributed by atoms with Crippen molar-refractivity contribution in [3.05, 3.63) is 0 Å². The highest BCUT2D eigenvalue weighted by molar-refractivity contribution is 7.80. The summed E-state index contributed by atoms with van der Waals surface area (Å²) in [6.07, 6.45) is -1.09. The van der Waals surface area contributed by atoms with Gasteiger partial charge in [-0.1, -0.05) is 0 Å². The smallest absolute Gasteiger partial charge is 0.327 e. The second kappa shape index (κ2) is 18.2. The van der Waals surface area contributed by atoms with Gasteiger partial charge >= 0.3 is 17.9 Å². The van der Waals surface area contributed by atoms with Gasteiger partial charge in [-0.2, -0.15) is 25.3 Å². The van der Waals surface area contributed by atoms with E-state index in [4.69, 9.17) is 21.7 Å². The van der Waals surface area contributed by atoms with Crippen molar-refractivity contribution in [2.75, 3.05) is 18.1 Å². The molecule has 0 aliphatic carbocycles. The molecule has 5 atom stereocenters. The minimum absolute atomic E-state index is 0.000729. The van der Waals surface area contributed by atoms with E-state index in [1.54, 1.807) is 0 Å². The minimum atomic E-state index is -1.79. The number of carboxylic acids is 3. The van der Waals surface area contributed by atoms with Crippen LogP contribution in [0.1, 0.15) is 32.1 Å². The van der Waals surface area contributed by atoms with Crippen LogP contribution >= 0.6 is 25.3 Å². The van der Waals surface area contributed by atoms with Crippen molar-refractivity contribution in [2.24, 2.45) is 11.5 Å². The third kappa shape index (κ3) is 13.5. The van der Waals surface area contributed by atoms with Crippen LogP contribution in [0.5, 0.6) is 0 Å². The molecule has 16 nitrogen and oxygen atoms in total. The number of nitrogens with one attached hydrogen (secondary N) is 4. The summed E-state index contributed by atoms with van der Waals surface area (Å²) in [7, 11) is 0. The lowest BCUT2D eigenvalue weighted by Crippen LogP contribution is -2.59. The fourth-order valence-corrected chi connectivity index (χ4v) is 3.31. The van der Waals surface area contributed by atoms with Crippen LogP contribution in [-0.2, 0) is 33.6 Å². The number of carboxylic acid groups (broad SMARTS) is 3. The summed E-state index contributed by atoms with van der Waals surface area (Å²) in [5.41, 5.74) is 11.0. The van der Waals surface area contributed by atoms with Gasteiger partial charge in [-0.05, 0) is 25.8 Å². The molecule has 0 saturated heterocycles. The van der Waals surface area contributed by atoms with E-state index in [9.17, 15) is 38.7 Å². The Morgan fingerprint density at radius 1 is 0.632 bits per heavy atom. The van der Waals surface area contributed by atoms with Crippen LogP contribution in [0.3, 0.4) is 0 Å². The fraction of sp³-hybridized carbons (Fsp3) is 0.650. The molecule has 0 fully saturated rings. The van der Waals surface area contributed by atoms with Crippen molar-refractivity contribution in [1.29, 1.82) is 0 Å². The van der Waals surface area contributed by atoms with Gasteiger partial charge in [-0.3, -0.25) is 28.8 Å². The predicted molar refractivity (Wildman–Crippen MR) is 138 cm³/mol. The summed E-state index contributed by atoms with van der Waals surface area (Å²) in [6.45, 7) is 0.266. The molecule has 0 aliphatic rings. The number of hydrogen-bond acceptors (Lipinski definition) is 11. The largest absolute Gasteiger partial charge is 0.481 e. The van der Waals surface area contributed by atoms with Crippen LogP contribution in [0, 0.1) is 0 Å². The van der Waals surface area contributed by atoms with E-state index in [-0.39, 0.29) is 24.5 Å². The Morgan fingerprint density at radius 3 is 1.45 bits per heavy atom. The normalized spacial score (nSPS) is 14.6. The molecule has 18 heteroatoms. The lowest BCUT2D eigenvalue weighted by molar-refractivity contribution is -0.143. The third-order valence-corrected chi connectivity index (χ3v) is 5.69. The number of thiol groups is 2. The van der Waals surface area contributed by atoms with Crippen molar-refractivity contribution < 1.29 is 48.9 Å². The van der Waals surface area contributed by atoms with Crippen LogP contribution in [0.25, 0.3) is 0 Å². The van der Waals surface area contributed by atoms with E-state index in [0.717, 1.165) is 0 Å². The number of carbonyl (C=O) groups excluding carboxylic acids is 4. The lowest BCUT2D eigenvalue weighted by atomic mass is 10.1. The van der Waals surface area contributed by atoms with E-state index in [2.05, 4.69) is 46.5 Å². The monoisotopic (exact) mass is 582 g/mol. The highest BCUT2D eigenvalue weighted by Gasteiger charge is 2.33. The standard InChI is InChI=1S/C20H34N6O10S2/c21-4-2-1-3-10(17(32)26-13(8-38)20(35)36)23-18(33)12(6-15(29)30)25-19(34)11(5-14(27)28)24-16(31)9(22)7-37/h9-13,37-38H,1-8,21-22H2,(H,23,33)(H,24,31)(H,25,34)(H,26,32)(H,27,28)(H,29,30)(H,35,36)/t9-,10-,11-,12-,13-/m0/s1. The van der Waals surface area contributed by atoms with E-state index in [1.165, 1.54) is 0 Å². The summed E-state index contributed by atoms with van der Waals surface area (Å²) in [5.74, 6) is -8.89. The zero-order valence-corrected chi connectivity index (χ0v) is 22.1. The molecule has 38 heavy (non-hydrogen) atoms. The first kappa shape index (κ1) is 34.9. The third-order valence-electron chi connectivity index (χ3n) is 4.93. The summed E-state index contributed by atoms with van der Waals surface area (Å²) in [5, 5.41) is 36.1. The Morgan fingerprint density at radius 2 is 1.05 bits per heavy atom. The number of amides is 4. The van der Waals surface area contributed by atoms with Gasteiger partial charge in [0.1, 0.15) is 24.2 Å². The van der Waals surface area contributed by atoms with Crippen molar-refractivity contribution in [1.82, 2.24) is 21.3 Å². The summed E-state index contributed by atoms with van der Waals surface area (Å²) < 4.78 is 0. The fourth-order valence-electron chi connectivity index (χ4n) is 2.89. The second-order valence-electron chi connectivity index (χ2n) is 8.03. The molecular weight excluding hydrogens is 548 g/mol. The number of rotatable bonds is 19. The minimum Gasteiger partial charge on any atom is -0.481 e. The number of nitrogens with two attached hydrogens (primary N) is 2. The predicted octanol–water partition coefficient (Wildman–Crippen LogP) is -3.72. The SMILES string of the molecule is NCCCC[C@H](NC(=O)[C@H](CC(=O)O)NC(=O)[C@H](CC(=O)O)NC(=O)[C@@H](N)CS)C(=O)N[C@@H](CS)C(=O)O. The Balaban J connectivity index is 5.79. The average molecular weight is 583 g/mol. The number of unbranched alkanes of at least 4 members (excludes halogenated alkanes) is 1. The summed E-state index contributed by atoms with van der Waals surface area (Å²) in [6, 6.07) is -7.40. The molecular formula is C20H34N6O10S2. The molecule has 0 aromatic carbocycles. The van der Waals surface area contributed by atoms with E-state index in [0.29, 0.717) is 12.8 Å². The zero-order chi connectivity index (χ0) is 29.4. The van der Waals surface area contributed by atoms with Crippen LogP contribution in [0.4, 0.5) is 0 Å². The quantitative estimate of drug-likeness (QED) is 0.0518. The van der Waals surface area contributed by atoms with Gasteiger partial charge in [-0.25, -0.2) is 4.79 Å². The van der Waals surface area contributed by atoms with Crippen molar-refractivity contribution in [3.63, 3.8) is 0 Å². The highest BCUT2D eigenvalue weighted by atomic mass is 32.1. The maximum atomic E-state index is 12.9. The Kier molecular flexibility index (Phi) is 16.7. The number of aliphatic carboxylic acids is 3. The van der Waals surface area contributed by atoms with Crippen molar-refractivity contribution in [3.8, 4) is 0 Å². The molecule has 216 valence electrons. The first-order valence-electron chi connectivity index (χ1n) is 11.3. The second-order valence-corrected chi connectivity index (χ2v) is 8.77. The number of hydrogen-bond donors (Lipinski definition) is 11. The van der Waals surface area contributed by atoms with Crippen molar-refractivity contribution >= 4 is 66.8 Å². The maximum Gasteiger partial charge on any atom is 0.327 e. The topological polar surface area (TPSA) is 280 Å². The van der Waals surface area contributed by atoms with Gasteiger partial charge in [0.25, 0.3) is 0 Å². The summed E-state index contributed by atoms with van der Waals surface area (Å²) in [4.78, 5) is 84.1. The van der Waals surface area contributed by atoms with Crippen LogP contribution < -0.4 is 32.7 Å². The first-order chi connectivity index (χ1) is 17.8. The molecule has 0 aliphatic heterocycles. The number of carbonyl (C=O) groups is 7. The molecule has 0 bridgehead atoms. The molecule has 11 N–H and O–H groups in total. The Bertz CT molecular complexity index is 877. The van der Waals surface area contributed by atoms with Crippen LogP contribution in [-0.4, -0.2) is 105 Å². The van der Waals surface area contributed by atoms with Crippen molar-refractivity contribution in [2.45, 2.75) is 62.3 Å².